The van der Waals surface area contributed by atoms with E-state index in [1.165, 1.54) is 23.1 Å². The Labute approximate surface area is 161 Å². The Hall–Kier alpha value is -2.30. The maximum atomic E-state index is 5.80. The number of hydrogen-bond acceptors (Lipinski definition) is 4. The van der Waals surface area contributed by atoms with E-state index in [4.69, 9.17) is 10.7 Å². The van der Waals surface area contributed by atoms with E-state index in [0.717, 1.165) is 49.9 Å². The molecule has 0 fully saturated rings. The third-order valence-corrected chi connectivity index (χ3v) is 5.50. The molecule has 0 saturated heterocycles. The van der Waals surface area contributed by atoms with Gasteiger partial charge in [-0.25, -0.2) is 0 Å². The van der Waals surface area contributed by atoms with Gasteiger partial charge in [0, 0.05) is 35.8 Å². The monoisotopic (exact) mass is 360 g/mol. The molecule has 4 heteroatoms. The molecule has 0 saturated carbocycles. The second-order valence-corrected chi connectivity index (χ2v) is 7.49. The fourth-order valence-electron chi connectivity index (χ4n) is 4.14. The van der Waals surface area contributed by atoms with Crippen molar-refractivity contribution in [1.29, 1.82) is 0 Å². The highest BCUT2D eigenvalue weighted by molar-refractivity contribution is 5.78. The summed E-state index contributed by atoms with van der Waals surface area (Å²) < 4.78 is 0. The van der Waals surface area contributed by atoms with Crippen molar-refractivity contribution >= 4 is 10.9 Å². The minimum absolute atomic E-state index is 0.332. The lowest BCUT2D eigenvalue weighted by Crippen LogP contribution is -2.37. The number of benzene rings is 1. The molecule has 3 N–H and O–H groups in total. The summed E-state index contributed by atoms with van der Waals surface area (Å²) in [6.07, 6.45) is 8.42. The van der Waals surface area contributed by atoms with E-state index in [-0.39, 0.29) is 0 Å². The van der Waals surface area contributed by atoms with E-state index in [9.17, 15) is 0 Å². The van der Waals surface area contributed by atoms with Gasteiger partial charge in [0.1, 0.15) is 0 Å². The predicted molar refractivity (Wildman–Crippen MR) is 111 cm³/mol. The molecule has 4 rings (SSSR count). The van der Waals surface area contributed by atoms with Crippen LogP contribution in [0.3, 0.4) is 0 Å². The van der Waals surface area contributed by atoms with Gasteiger partial charge in [0.05, 0.1) is 11.2 Å². The zero-order valence-electron chi connectivity index (χ0n) is 15.8. The highest BCUT2D eigenvalue weighted by Gasteiger charge is 2.24. The van der Waals surface area contributed by atoms with Gasteiger partial charge in [0.25, 0.3) is 0 Å². The molecule has 2 aromatic heterocycles. The first-order chi connectivity index (χ1) is 13.3. The molecular weight excluding hydrogens is 332 g/mol. The highest BCUT2D eigenvalue weighted by atomic mass is 15.0. The quantitative estimate of drug-likeness (QED) is 0.670. The Morgan fingerprint density at radius 1 is 1.11 bits per heavy atom. The van der Waals surface area contributed by atoms with E-state index in [0.29, 0.717) is 12.1 Å². The Balaban J connectivity index is 1.52. The summed E-state index contributed by atoms with van der Waals surface area (Å²) in [6, 6.07) is 17.6. The fraction of sp³-hybridized carbons (Fsp3) is 0.391. The van der Waals surface area contributed by atoms with E-state index >= 15 is 0 Å². The molecule has 0 radical (unpaired) electrons. The van der Waals surface area contributed by atoms with E-state index in [1.807, 2.05) is 18.3 Å². The number of nitrogens with two attached hydrogens (primary N) is 1. The first kappa shape index (κ1) is 18.1. The lowest BCUT2D eigenvalue weighted by molar-refractivity contribution is 0.365. The van der Waals surface area contributed by atoms with Crippen LogP contribution in [0.1, 0.15) is 48.7 Å². The number of pyridine rings is 2. The van der Waals surface area contributed by atoms with Crippen LogP contribution < -0.4 is 11.1 Å². The average Bonchev–Trinajstić information content (AvgIpc) is 2.72. The van der Waals surface area contributed by atoms with Crippen molar-refractivity contribution in [2.75, 3.05) is 6.54 Å². The molecule has 0 bridgehead atoms. The highest BCUT2D eigenvalue weighted by Crippen LogP contribution is 2.28. The maximum absolute atomic E-state index is 5.80. The fourth-order valence-corrected chi connectivity index (χ4v) is 4.14. The summed E-state index contributed by atoms with van der Waals surface area (Å²) in [6.45, 7) is 0.725. The number of nitrogens with zero attached hydrogens (tertiary/aromatic N) is 2. The van der Waals surface area contributed by atoms with Crippen LogP contribution in [0.25, 0.3) is 10.9 Å². The Bertz CT molecular complexity index is 892. The van der Waals surface area contributed by atoms with Crippen LogP contribution in [-0.4, -0.2) is 22.6 Å². The molecule has 1 aliphatic carbocycles. The van der Waals surface area contributed by atoms with Crippen LogP contribution in [-0.2, 0) is 12.8 Å². The lowest BCUT2D eigenvalue weighted by Gasteiger charge is -2.30. The third kappa shape index (κ3) is 4.34. The van der Waals surface area contributed by atoms with Gasteiger partial charge in [0.2, 0.25) is 0 Å². The lowest BCUT2D eigenvalue weighted by atomic mass is 9.90. The van der Waals surface area contributed by atoms with Crippen LogP contribution in [0, 0.1) is 0 Å². The minimum Gasteiger partial charge on any atom is -0.330 e. The normalized spacial score (nSPS) is 17.6. The topological polar surface area (TPSA) is 63.8 Å². The van der Waals surface area contributed by atoms with Crippen LogP contribution in [0.15, 0.2) is 54.7 Å². The van der Waals surface area contributed by atoms with Gasteiger partial charge in [-0.1, -0.05) is 30.3 Å². The Morgan fingerprint density at radius 2 is 2.04 bits per heavy atom. The van der Waals surface area contributed by atoms with Crippen molar-refractivity contribution in [2.45, 2.75) is 50.6 Å². The summed E-state index contributed by atoms with van der Waals surface area (Å²) in [5.74, 6) is 0. The summed E-state index contributed by atoms with van der Waals surface area (Å²) in [5.41, 5.74) is 10.6. The van der Waals surface area contributed by atoms with Gasteiger partial charge in [-0.3, -0.25) is 9.97 Å². The maximum Gasteiger partial charge on any atom is 0.0705 e. The molecule has 1 aromatic carbocycles. The molecule has 2 atom stereocenters. The van der Waals surface area contributed by atoms with Gasteiger partial charge in [-0.15, -0.1) is 0 Å². The zero-order chi connectivity index (χ0) is 18.5. The van der Waals surface area contributed by atoms with Gasteiger partial charge >= 0.3 is 0 Å². The molecule has 0 aliphatic heterocycles. The molecule has 1 aliphatic rings. The summed E-state index contributed by atoms with van der Waals surface area (Å²) in [5, 5.41) is 5.08. The molecular formula is C23H28N4. The van der Waals surface area contributed by atoms with Crippen LogP contribution in [0.5, 0.6) is 0 Å². The number of aryl methyl sites for hydroxylation is 1. The third-order valence-electron chi connectivity index (χ3n) is 5.50. The molecule has 2 unspecified atom stereocenters. The van der Waals surface area contributed by atoms with Crippen LogP contribution in [0.2, 0.25) is 0 Å². The number of nitrogens with one attached hydrogen (secondary N) is 1. The molecule has 4 nitrogen and oxygen atoms in total. The molecule has 2 heterocycles. The summed E-state index contributed by atoms with van der Waals surface area (Å²) in [7, 11) is 0. The number of rotatable bonds is 7. The Kier molecular flexibility index (Phi) is 5.75. The number of para-hydroxylation sites is 1. The van der Waals surface area contributed by atoms with Crippen molar-refractivity contribution in [2.24, 2.45) is 5.73 Å². The summed E-state index contributed by atoms with van der Waals surface area (Å²) >= 11 is 0. The number of aromatic nitrogens is 2. The van der Waals surface area contributed by atoms with E-state index in [2.05, 4.69) is 46.7 Å². The van der Waals surface area contributed by atoms with Gasteiger partial charge in [-0.2, -0.15) is 0 Å². The first-order valence-electron chi connectivity index (χ1n) is 10.1. The van der Waals surface area contributed by atoms with Gasteiger partial charge in [0.15, 0.2) is 0 Å². The smallest absolute Gasteiger partial charge is 0.0705 e. The van der Waals surface area contributed by atoms with Gasteiger partial charge < -0.3 is 11.1 Å². The van der Waals surface area contributed by atoms with Crippen molar-refractivity contribution in [3.63, 3.8) is 0 Å². The molecule has 3 aromatic rings. The largest absolute Gasteiger partial charge is 0.330 e. The van der Waals surface area contributed by atoms with Crippen LogP contribution >= 0.6 is 0 Å². The molecule has 0 spiro atoms. The molecule has 27 heavy (non-hydrogen) atoms. The molecule has 0 amide bonds. The van der Waals surface area contributed by atoms with E-state index < -0.39 is 0 Å². The second-order valence-electron chi connectivity index (χ2n) is 7.49. The van der Waals surface area contributed by atoms with E-state index in [1.54, 1.807) is 0 Å². The number of hydrogen-bond donors (Lipinski definition) is 2. The van der Waals surface area contributed by atoms with Crippen molar-refractivity contribution < 1.29 is 0 Å². The average molecular weight is 361 g/mol. The standard InChI is InChI=1S/C23H28N4/c24-14-4-9-19(16-20-13-12-17-6-1-2-10-21(17)26-20)27-22-11-3-7-18-8-5-15-25-23(18)22/h1-2,5-6,8,10,12-13,15,19,22,27H,3-4,7,9,11,14,16,24H2. The van der Waals surface area contributed by atoms with Crippen molar-refractivity contribution in [1.82, 2.24) is 15.3 Å². The second kappa shape index (κ2) is 8.59. The predicted octanol–water partition coefficient (Wildman–Crippen LogP) is 3.95. The Morgan fingerprint density at radius 3 is 2.96 bits per heavy atom. The van der Waals surface area contributed by atoms with Crippen molar-refractivity contribution in [3.05, 3.63) is 71.7 Å². The zero-order valence-corrected chi connectivity index (χ0v) is 15.8. The first-order valence-corrected chi connectivity index (χ1v) is 10.1. The molecule has 140 valence electrons. The SMILES string of the molecule is NCCCC(Cc1ccc2ccccc2n1)NC1CCCc2cccnc21. The number of fused-ring (bicyclic) bond motifs is 2. The van der Waals surface area contributed by atoms with Crippen molar-refractivity contribution in [3.8, 4) is 0 Å². The minimum atomic E-state index is 0.332. The summed E-state index contributed by atoms with van der Waals surface area (Å²) in [4.78, 5) is 9.55. The van der Waals surface area contributed by atoms with Gasteiger partial charge in [-0.05, 0) is 62.4 Å². The van der Waals surface area contributed by atoms with Crippen LogP contribution in [0.4, 0.5) is 0 Å².